The van der Waals surface area contributed by atoms with E-state index in [1.807, 2.05) is 4.90 Å². The topological polar surface area (TPSA) is 49.4 Å². The first-order valence-corrected chi connectivity index (χ1v) is 10.3. The Morgan fingerprint density at radius 3 is 2.00 bits per heavy atom. The van der Waals surface area contributed by atoms with Crippen LogP contribution in [0.2, 0.25) is 0 Å². The Labute approximate surface area is 145 Å². The van der Waals surface area contributed by atoms with Gasteiger partial charge in [-0.3, -0.25) is 9.59 Å². The summed E-state index contributed by atoms with van der Waals surface area (Å²) in [4.78, 5) is 27.0. The lowest BCUT2D eigenvalue weighted by molar-refractivity contribution is -0.138. The molecule has 1 N–H and O–H groups in total. The van der Waals surface area contributed by atoms with Crippen molar-refractivity contribution in [3.05, 3.63) is 0 Å². The van der Waals surface area contributed by atoms with Crippen molar-refractivity contribution in [2.75, 3.05) is 19.6 Å². The Morgan fingerprint density at radius 2 is 1.42 bits per heavy atom. The Bertz CT molecular complexity index is 454. The van der Waals surface area contributed by atoms with Crippen molar-refractivity contribution < 1.29 is 9.59 Å². The molecule has 2 amide bonds. The first-order valence-electron chi connectivity index (χ1n) is 10.3. The molecule has 1 heterocycles. The van der Waals surface area contributed by atoms with Gasteiger partial charge in [0.2, 0.25) is 11.8 Å². The second kappa shape index (κ2) is 7.05. The van der Waals surface area contributed by atoms with Gasteiger partial charge in [0.25, 0.3) is 0 Å². The number of rotatable bonds is 4. The summed E-state index contributed by atoms with van der Waals surface area (Å²) in [7, 11) is 0. The van der Waals surface area contributed by atoms with Gasteiger partial charge in [-0.25, -0.2) is 0 Å². The standard InChI is InChI=1S/C20H32N2O2/c23-18(22-7-3-1-2-4-8-22)5-6-21-20(24)19-16-10-14-9-15(12-16)13-17(19)11-14/h14-17,19H,1-13H2,(H,21,24). The quantitative estimate of drug-likeness (QED) is 0.860. The van der Waals surface area contributed by atoms with Crippen molar-refractivity contribution in [1.29, 1.82) is 0 Å². The van der Waals surface area contributed by atoms with Crippen molar-refractivity contribution in [1.82, 2.24) is 10.2 Å². The second-order valence-electron chi connectivity index (χ2n) is 8.79. The SMILES string of the molecule is O=C(NCCC(=O)N1CCCCCC1)C1C2CC3CC(C2)CC1C3. The molecule has 0 spiro atoms. The summed E-state index contributed by atoms with van der Waals surface area (Å²) in [6.45, 7) is 2.33. The van der Waals surface area contributed by atoms with Crippen LogP contribution in [0.1, 0.15) is 64.2 Å². The van der Waals surface area contributed by atoms with Crippen molar-refractivity contribution in [3.8, 4) is 0 Å². The highest BCUT2D eigenvalue weighted by Gasteiger charge is 2.50. The molecular formula is C20H32N2O2. The molecule has 134 valence electrons. The fourth-order valence-electron chi connectivity index (χ4n) is 6.24. The second-order valence-corrected chi connectivity index (χ2v) is 8.79. The molecule has 5 rings (SSSR count). The number of nitrogens with zero attached hydrogens (tertiary/aromatic N) is 1. The van der Waals surface area contributed by atoms with Gasteiger partial charge >= 0.3 is 0 Å². The molecule has 0 unspecified atom stereocenters. The zero-order valence-electron chi connectivity index (χ0n) is 14.8. The van der Waals surface area contributed by atoms with Crippen LogP contribution in [-0.2, 0) is 9.59 Å². The Kier molecular flexibility index (Phi) is 4.82. The van der Waals surface area contributed by atoms with Gasteiger partial charge in [0.1, 0.15) is 0 Å². The van der Waals surface area contributed by atoms with E-state index in [4.69, 9.17) is 0 Å². The summed E-state index contributed by atoms with van der Waals surface area (Å²) in [5, 5.41) is 3.11. The fraction of sp³-hybridized carbons (Fsp3) is 0.900. The molecule has 5 aliphatic rings. The van der Waals surface area contributed by atoms with Crippen molar-refractivity contribution in [3.63, 3.8) is 0 Å². The molecule has 5 fully saturated rings. The first-order chi connectivity index (χ1) is 11.7. The number of carbonyl (C=O) groups is 2. The van der Waals surface area contributed by atoms with Crippen LogP contribution in [0.3, 0.4) is 0 Å². The molecule has 4 nitrogen and oxygen atoms in total. The minimum Gasteiger partial charge on any atom is -0.355 e. The predicted molar refractivity (Wildman–Crippen MR) is 93.2 cm³/mol. The van der Waals surface area contributed by atoms with Gasteiger partial charge in [-0.2, -0.15) is 0 Å². The van der Waals surface area contributed by atoms with E-state index in [0.29, 0.717) is 24.8 Å². The lowest BCUT2D eigenvalue weighted by Gasteiger charge is -2.53. The van der Waals surface area contributed by atoms with Gasteiger partial charge in [-0.1, -0.05) is 12.8 Å². The van der Waals surface area contributed by atoms with Crippen molar-refractivity contribution in [2.45, 2.75) is 64.2 Å². The highest BCUT2D eigenvalue weighted by Crippen LogP contribution is 2.56. The summed E-state index contributed by atoms with van der Waals surface area (Å²) < 4.78 is 0. The zero-order valence-corrected chi connectivity index (χ0v) is 14.8. The van der Waals surface area contributed by atoms with Crippen LogP contribution >= 0.6 is 0 Å². The van der Waals surface area contributed by atoms with E-state index in [2.05, 4.69) is 5.32 Å². The van der Waals surface area contributed by atoms with Crippen molar-refractivity contribution >= 4 is 11.8 Å². The van der Waals surface area contributed by atoms with E-state index in [1.165, 1.54) is 44.9 Å². The highest BCUT2D eigenvalue weighted by atomic mass is 16.2. The van der Waals surface area contributed by atoms with Crippen LogP contribution in [-0.4, -0.2) is 36.3 Å². The van der Waals surface area contributed by atoms with E-state index < -0.39 is 0 Å². The molecule has 0 aromatic heterocycles. The first kappa shape index (κ1) is 16.4. The van der Waals surface area contributed by atoms with E-state index in [9.17, 15) is 9.59 Å². The minimum atomic E-state index is 0.224. The van der Waals surface area contributed by atoms with Gasteiger partial charge in [-0.05, 0) is 68.6 Å². The molecule has 4 heteroatoms. The summed E-state index contributed by atoms with van der Waals surface area (Å²) in [5.74, 6) is 3.77. The maximum Gasteiger partial charge on any atom is 0.224 e. The molecule has 0 atom stereocenters. The third kappa shape index (κ3) is 3.34. The number of hydrogen-bond donors (Lipinski definition) is 1. The number of hydrogen-bond acceptors (Lipinski definition) is 2. The van der Waals surface area contributed by atoms with Gasteiger partial charge in [0.05, 0.1) is 0 Å². The minimum absolute atomic E-state index is 0.224. The van der Waals surface area contributed by atoms with Gasteiger partial charge in [0.15, 0.2) is 0 Å². The average molecular weight is 332 g/mol. The van der Waals surface area contributed by atoms with E-state index >= 15 is 0 Å². The molecular weight excluding hydrogens is 300 g/mol. The van der Waals surface area contributed by atoms with Crippen molar-refractivity contribution in [2.24, 2.45) is 29.6 Å². The monoisotopic (exact) mass is 332 g/mol. The largest absolute Gasteiger partial charge is 0.355 e. The third-order valence-corrected chi connectivity index (χ3v) is 7.13. The smallest absolute Gasteiger partial charge is 0.224 e. The summed E-state index contributed by atoms with van der Waals surface area (Å²) >= 11 is 0. The molecule has 0 aromatic rings. The van der Waals surface area contributed by atoms with E-state index in [-0.39, 0.29) is 17.7 Å². The van der Waals surface area contributed by atoms with Crippen LogP contribution < -0.4 is 5.32 Å². The lowest BCUT2D eigenvalue weighted by Crippen LogP contribution is -2.51. The molecule has 4 aliphatic carbocycles. The number of nitrogens with one attached hydrogen (secondary N) is 1. The maximum absolute atomic E-state index is 12.7. The van der Waals surface area contributed by atoms with Gasteiger partial charge in [-0.15, -0.1) is 0 Å². The van der Waals surface area contributed by atoms with Gasteiger partial charge in [0, 0.05) is 32.0 Å². The molecule has 4 bridgehead atoms. The number of amides is 2. The third-order valence-electron chi connectivity index (χ3n) is 7.13. The van der Waals surface area contributed by atoms with Crippen LogP contribution in [0.5, 0.6) is 0 Å². The van der Waals surface area contributed by atoms with Gasteiger partial charge < -0.3 is 10.2 Å². The lowest BCUT2D eigenvalue weighted by atomic mass is 9.51. The molecule has 4 saturated carbocycles. The number of likely N-dealkylation sites (tertiary alicyclic amines) is 1. The van der Waals surface area contributed by atoms with Crippen LogP contribution in [0.25, 0.3) is 0 Å². The zero-order chi connectivity index (χ0) is 16.5. The average Bonchev–Trinajstić information content (AvgIpc) is 2.83. The Hall–Kier alpha value is -1.06. The molecule has 0 radical (unpaired) electrons. The Morgan fingerprint density at radius 1 is 0.833 bits per heavy atom. The van der Waals surface area contributed by atoms with E-state index in [0.717, 1.165) is 37.8 Å². The highest BCUT2D eigenvalue weighted by molar-refractivity contribution is 5.81. The predicted octanol–water partition coefficient (Wildman–Crippen LogP) is 2.97. The summed E-state index contributed by atoms with van der Waals surface area (Å²) in [6.07, 6.45) is 11.7. The molecule has 1 aliphatic heterocycles. The summed E-state index contributed by atoms with van der Waals surface area (Å²) in [6, 6.07) is 0. The van der Waals surface area contributed by atoms with Crippen LogP contribution in [0.15, 0.2) is 0 Å². The maximum atomic E-state index is 12.7. The van der Waals surface area contributed by atoms with Crippen LogP contribution in [0, 0.1) is 29.6 Å². The number of carbonyl (C=O) groups excluding carboxylic acids is 2. The van der Waals surface area contributed by atoms with Crippen LogP contribution in [0.4, 0.5) is 0 Å². The molecule has 1 saturated heterocycles. The Balaban J connectivity index is 1.24. The fourth-order valence-corrected chi connectivity index (χ4v) is 6.24. The van der Waals surface area contributed by atoms with E-state index in [1.54, 1.807) is 0 Å². The normalized spacial score (nSPS) is 38.0. The summed E-state index contributed by atoms with van der Waals surface area (Å²) in [5.41, 5.74) is 0. The molecule has 24 heavy (non-hydrogen) atoms. The molecule has 0 aromatic carbocycles.